The summed E-state index contributed by atoms with van der Waals surface area (Å²) in [5.41, 5.74) is -2.99. The van der Waals surface area contributed by atoms with Crippen LogP contribution in [0.4, 0.5) is 0 Å². The summed E-state index contributed by atoms with van der Waals surface area (Å²) < 4.78 is 29.7. The lowest BCUT2D eigenvalue weighted by molar-refractivity contribution is -0.424. The van der Waals surface area contributed by atoms with Gasteiger partial charge in [0.05, 0.1) is 17.6 Å². The number of benzene rings is 1. The van der Waals surface area contributed by atoms with Crippen molar-refractivity contribution < 1.29 is 54.0 Å². The fourth-order valence-corrected chi connectivity index (χ4v) is 6.87. The summed E-state index contributed by atoms with van der Waals surface area (Å²) in [5.74, 6) is -2.49. The standard InChI is InChI=1S/C23H28O11/c1-20-9-22(29)13-7-23(20,32-18-16(27)15(26)14(25)12(8-24)31-18)21(13,19(33-20)34-22)10-30-17(28)11-5-3-2-4-6-11/h2-6,12-16,18-19,24-27,29H,7-10H2,1H3/t12-,13-,14-,15+,16-,18+,19?,20+,21+,22+,23+/m1/s1. The van der Waals surface area contributed by atoms with Crippen LogP contribution in [-0.2, 0) is 23.7 Å². The smallest absolute Gasteiger partial charge is 0.338 e. The first kappa shape index (κ1) is 22.8. The van der Waals surface area contributed by atoms with Gasteiger partial charge in [-0.15, -0.1) is 0 Å². The Kier molecular flexibility index (Phi) is 4.81. The number of hydrogen-bond donors (Lipinski definition) is 5. The number of esters is 1. The van der Waals surface area contributed by atoms with E-state index in [1.54, 1.807) is 37.3 Å². The molecule has 0 amide bonds. The van der Waals surface area contributed by atoms with Gasteiger partial charge in [-0.1, -0.05) is 18.2 Å². The van der Waals surface area contributed by atoms with Crippen LogP contribution < -0.4 is 0 Å². The minimum atomic E-state index is -1.61. The maximum Gasteiger partial charge on any atom is 0.338 e. The third kappa shape index (κ3) is 2.59. The Balaban J connectivity index is 1.32. The van der Waals surface area contributed by atoms with E-state index in [-0.39, 0.29) is 19.4 Å². The van der Waals surface area contributed by atoms with E-state index in [2.05, 4.69) is 0 Å². The summed E-state index contributed by atoms with van der Waals surface area (Å²) in [5, 5.41) is 51.7. The van der Waals surface area contributed by atoms with Gasteiger partial charge < -0.3 is 49.2 Å². The monoisotopic (exact) mass is 480 g/mol. The summed E-state index contributed by atoms with van der Waals surface area (Å²) in [6.45, 7) is 0.985. The molecule has 6 bridgehead atoms. The molecule has 5 N–H and O–H groups in total. The average Bonchev–Trinajstić information content (AvgIpc) is 3.00. The zero-order valence-electron chi connectivity index (χ0n) is 18.4. The second-order valence-electron chi connectivity index (χ2n) is 10.2. The van der Waals surface area contributed by atoms with Gasteiger partial charge in [0.2, 0.25) is 0 Å². The lowest BCUT2D eigenvalue weighted by Gasteiger charge is -2.67. The van der Waals surface area contributed by atoms with Gasteiger partial charge in [0.15, 0.2) is 18.4 Å². The first-order valence-electron chi connectivity index (χ1n) is 11.4. The average molecular weight is 480 g/mol. The third-order valence-corrected chi connectivity index (χ3v) is 8.57. The van der Waals surface area contributed by atoms with E-state index in [9.17, 15) is 30.3 Å². The molecule has 0 spiro atoms. The molecule has 1 aromatic rings. The maximum atomic E-state index is 12.7. The lowest BCUT2D eigenvalue weighted by Crippen LogP contribution is -2.80. The first-order valence-corrected chi connectivity index (χ1v) is 11.4. The largest absolute Gasteiger partial charge is 0.461 e. The van der Waals surface area contributed by atoms with Gasteiger partial charge in [-0.3, -0.25) is 0 Å². The lowest BCUT2D eigenvalue weighted by atomic mass is 9.41. The first-order chi connectivity index (χ1) is 16.1. The Morgan fingerprint density at radius 1 is 1.12 bits per heavy atom. The molecule has 11 heteroatoms. The van der Waals surface area contributed by atoms with E-state index in [1.807, 2.05) is 0 Å². The van der Waals surface area contributed by atoms with Gasteiger partial charge in [-0.05, 0) is 25.5 Å². The molecule has 3 saturated carbocycles. The number of carbonyl (C=O) groups is 1. The van der Waals surface area contributed by atoms with Crippen molar-refractivity contribution in [3.8, 4) is 0 Å². The van der Waals surface area contributed by atoms with Crippen molar-refractivity contribution in [2.24, 2.45) is 11.3 Å². The Hall–Kier alpha value is -1.67. The van der Waals surface area contributed by atoms with Gasteiger partial charge >= 0.3 is 5.97 Å². The second kappa shape index (κ2) is 7.19. The molecule has 4 saturated heterocycles. The van der Waals surface area contributed by atoms with Gasteiger partial charge in [0.1, 0.15) is 42.2 Å². The molecule has 7 aliphatic rings. The Morgan fingerprint density at radius 3 is 2.56 bits per heavy atom. The molecule has 1 unspecified atom stereocenters. The molecule has 1 aromatic carbocycles. The zero-order valence-corrected chi connectivity index (χ0v) is 18.4. The molecule has 0 aromatic heterocycles. The van der Waals surface area contributed by atoms with Gasteiger partial charge in [-0.2, -0.15) is 0 Å². The number of aliphatic hydroxyl groups excluding tert-OH is 4. The molecule has 7 fully saturated rings. The van der Waals surface area contributed by atoms with Crippen molar-refractivity contribution in [3.63, 3.8) is 0 Å². The maximum absolute atomic E-state index is 12.7. The predicted molar refractivity (Wildman–Crippen MR) is 109 cm³/mol. The highest BCUT2D eigenvalue weighted by molar-refractivity contribution is 5.89. The predicted octanol–water partition coefficient (Wildman–Crippen LogP) is -1.36. The van der Waals surface area contributed by atoms with Crippen molar-refractivity contribution in [1.82, 2.24) is 0 Å². The number of hydrogen-bond acceptors (Lipinski definition) is 11. The minimum Gasteiger partial charge on any atom is -0.461 e. The minimum absolute atomic E-state index is 0.0902. The summed E-state index contributed by atoms with van der Waals surface area (Å²) in [6.07, 6.45) is -7.87. The number of aliphatic hydroxyl groups is 5. The molecule has 186 valence electrons. The normalized spacial score (nSPS) is 52.5. The van der Waals surface area contributed by atoms with Crippen LogP contribution in [0.5, 0.6) is 0 Å². The number of carbonyl (C=O) groups excluding carboxylic acids is 1. The van der Waals surface area contributed by atoms with Crippen LogP contribution in [0, 0.1) is 11.3 Å². The molecule has 0 radical (unpaired) electrons. The highest BCUT2D eigenvalue weighted by atomic mass is 16.8. The summed E-state index contributed by atoms with van der Waals surface area (Å²) in [4.78, 5) is 12.7. The van der Waals surface area contributed by atoms with Crippen molar-refractivity contribution in [2.75, 3.05) is 13.2 Å². The Morgan fingerprint density at radius 2 is 1.85 bits per heavy atom. The van der Waals surface area contributed by atoms with Gasteiger partial charge in [0, 0.05) is 12.3 Å². The van der Waals surface area contributed by atoms with Gasteiger partial charge in [0.25, 0.3) is 0 Å². The van der Waals surface area contributed by atoms with Gasteiger partial charge in [-0.25, -0.2) is 4.79 Å². The fraction of sp³-hybridized carbons (Fsp3) is 0.696. The Labute approximate surface area is 194 Å². The van der Waals surface area contributed by atoms with E-state index < -0.39 is 77.9 Å². The summed E-state index contributed by atoms with van der Waals surface area (Å²) in [7, 11) is 0. The second-order valence-corrected chi connectivity index (χ2v) is 10.2. The molecule has 4 heterocycles. The summed E-state index contributed by atoms with van der Waals surface area (Å²) >= 11 is 0. The van der Waals surface area contributed by atoms with E-state index in [0.29, 0.717) is 5.56 Å². The molecule has 11 nitrogen and oxygen atoms in total. The van der Waals surface area contributed by atoms with Crippen molar-refractivity contribution in [2.45, 2.75) is 73.8 Å². The van der Waals surface area contributed by atoms with Crippen molar-refractivity contribution in [3.05, 3.63) is 35.9 Å². The fourth-order valence-electron chi connectivity index (χ4n) is 6.87. The zero-order chi connectivity index (χ0) is 24.1. The van der Waals surface area contributed by atoms with Crippen molar-refractivity contribution in [1.29, 1.82) is 0 Å². The highest BCUT2D eigenvalue weighted by Crippen LogP contribution is 2.81. The SMILES string of the molecule is C[C@@]12C[C@]3(O)OC(O1)[C@]1(COC(=O)c4ccccc4)[C@H]3C[C@]21O[C@@H]1O[C@H](CO)[C@@H](O)[C@H](O)[C@H]1O. The highest BCUT2D eigenvalue weighted by Gasteiger charge is 2.94. The molecule has 3 aliphatic carbocycles. The third-order valence-electron chi connectivity index (χ3n) is 8.57. The summed E-state index contributed by atoms with van der Waals surface area (Å²) in [6, 6.07) is 8.47. The van der Waals surface area contributed by atoms with E-state index >= 15 is 0 Å². The van der Waals surface area contributed by atoms with E-state index in [1.165, 1.54) is 0 Å². The van der Waals surface area contributed by atoms with Crippen LogP contribution in [0.15, 0.2) is 30.3 Å². The molecular weight excluding hydrogens is 452 g/mol. The number of rotatable bonds is 6. The van der Waals surface area contributed by atoms with Crippen LogP contribution >= 0.6 is 0 Å². The molecule has 34 heavy (non-hydrogen) atoms. The topological polar surface area (TPSA) is 164 Å². The number of ether oxygens (including phenoxy) is 5. The molecular formula is C23H28O11. The van der Waals surface area contributed by atoms with Crippen LogP contribution in [0.2, 0.25) is 0 Å². The molecule has 11 atom stereocenters. The van der Waals surface area contributed by atoms with Crippen LogP contribution in [0.3, 0.4) is 0 Å². The molecule has 4 aliphatic heterocycles. The van der Waals surface area contributed by atoms with Crippen LogP contribution in [0.25, 0.3) is 0 Å². The quantitative estimate of drug-likeness (QED) is 0.306. The van der Waals surface area contributed by atoms with Crippen LogP contribution in [0.1, 0.15) is 30.1 Å². The van der Waals surface area contributed by atoms with E-state index in [0.717, 1.165) is 0 Å². The Bertz CT molecular complexity index is 988. The van der Waals surface area contributed by atoms with E-state index in [4.69, 9.17) is 23.7 Å². The van der Waals surface area contributed by atoms with Crippen LogP contribution in [-0.4, -0.2) is 98.7 Å². The van der Waals surface area contributed by atoms with Crippen molar-refractivity contribution >= 4 is 5.97 Å². The molecule has 8 rings (SSSR count).